The first-order valence-corrected chi connectivity index (χ1v) is 10.3. The number of nitrogens with two attached hydrogens (primary N) is 1. The Kier molecular flexibility index (Phi) is 6.93. The van der Waals surface area contributed by atoms with E-state index in [2.05, 4.69) is 27.1 Å². The molecule has 0 aliphatic rings. The van der Waals surface area contributed by atoms with Crippen LogP contribution in [0.5, 0.6) is 0 Å². The number of unbranched alkanes of at least 4 members (excludes halogenated alkanes) is 1. The average Bonchev–Trinajstić information content (AvgIpc) is 2.59. The lowest BCUT2D eigenvalue weighted by Crippen LogP contribution is -2.22. The number of primary sulfonamides is 1. The molecule has 0 bridgehead atoms. The predicted octanol–water partition coefficient (Wildman–Crippen LogP) is 2.32. The van der Waals surface area contributed by atoms with E-state index in [1.54, 1.807) is 12.1 Å². The summed E-state index contributed by atoms with van der Waals surface area (Å²) >= 11 is 0. The van der Waals surface area contributed by atoms with Crippen molar-refractivity contribution in [3.63, 3.8) is 0 Å². The molecule has 0 saturated carbocycles. The maximum absolute atomic E-state index is 11.3. The lowest BCUT2D eigenvalue weighted by Gasteiger charge is -2.18. The van der Waals surface area contributed by atoms with E-state index in [0.717, 1.165) is 48.8 Å². The standard InChI is InChI=1S/C18H27N5O2S/c1-4-5-12-23(3)18-21-14(2)13-17(22-18)20-11-10-15-6-8-16(9-7-15)26(19,24)25/h6-9,13H,4-5,10-12H2,1-3H3,(H2,19,24,25)(H,20,21,22). The van der Waals surface area contributed by atoms with Crippen LogP contribution in [0.2, 0.25) is 0 Å². The van der Waals surface area contributed by atoms with Crippen LogP contribution in [0.4, 0.5) is 11.8 Å². The van der Waals surface area contributed by atoms with Gasteiger partial charge >= 0.3 is 0 Å². The molecule has 0 atom stereocenters. The average molecular weight is 378 g/mol. The van der Waals surface area contributed by atoms with Crippen molar-refractivity contribution in [3.8, 4) is 0 Å². The first-order chi connectivity index (χ1) is 12.3. The maximum Gasteiger partial charge on any atom is 0.238 e. The summed E-state index contributed by atoms with van der Waals surface area (Å²) in [7, 11) is -1.64. The molecular formula is C18H27N5O2S. The smallest absolute Gasteiger partial charge is 0.238 e. The Morgan fingerprint density at radius 1 is 1.19 bits per heavy atom. The molecule has 0 amide bonds. The van der Waals surface area contributed by atoms with E-state index in [0.29, 0.717) is 6.54 Å². The van der Waals surface area contributed by atoms with Gasteiger partial charge in [-0.05, 0) is 37.5 Å². The van der Waals surface area contributed by atoms with Gasteiger partial charge in [0.15, 0.2) is 0 Å². The van der Waals surface area contributed by atoms with Crippen LogP contribution in [0.25, 0.3) is 0 Å². The van der Waals surface area contributed by atoms with E-state index in [-0.39, 0.29) is 4.90 Å². The highest BCUT2D eigenvalue weighted by Gasteiger charge is 2.08. The van der Waals surface area contributed by atoms with E-state index in [1.165, 1.54) is 12.1 Å². The molecule has 3 N–H and O–H groups in total. The van der Waals surface area contributed by atoms with E-state index in [4.69, 9.17) is 5.14 Å². The van der Waals surface area contributed by atoms with Crippen molar-refractivity contribution < 1.29 is 8.42 Å². The van der Waals surface area contributed by atoms with Crippen LogP contribution in [0.15, 0.2) is 35.2 Å². The van der Waals surface area contributed by atoms with Crippen molar-refractivity contribution in [2.24, 2.45) is 5.14 Å². The van der Waals surface area contributed by atoms with Crippen molar-refractivity contribution in [1.29, 1.82) is 0 Å². The highest BCUT2D eigenvalue weighted by atomic mass is 32.2. The van der Waals surface area contributed by atoms with E-state index in [9.17, 15) is 8.42 Å². The summed E-state index contributed by atoms with van der Waals surface area (Å²) in [6.07, 6.45) is 2.98. The molecule has 0 saturated heterocycles. The molecule has 26 heavy (non-hydrogen) atoms. The molecule has 142 valence electrons. The zero-order valence-corrected chi connectivity index (χ0v) is 16.4. The second-order valence-corrected chi connectivity index (χ2v) is 7.90. The van der Waals surface area contributed by atoms with Gasteiger partial charge in [-0.1, -0.05) is 25.5 Å². The van der Waals surface area contributed by atoms with Crippen molar-refractivity contribution in [3.05, 3.63) is 41.6 Å². The minimum Gasteiger partial charge on any atom is -0.370 e. The normalized spacial score (nSPS) is 11.4. The van der Waals surface area contributed by atoms with Crippen LogP contribution < -0.4 is 15.4 Å². The predicted molar refractivity (Wildman–Crippen MR) is 105 cm³/mol. The van der Waals surface area contributed by atoms with E-state index < -0.39 is 10.0 Å². The van der Waals surface area contributed by atoms with Crippen molar-refractivity contribution >= 4 is 21.8 Å². The Labute approximate surface area is 155 Å². The minimum atomic E-state index is -3.64. The molecule has 1 aromatic heterocycles. The Morgan fingerprint density at radius 2 is 1.88 bits per heavy atom. The van der Waals surface area contributed by atoms with Gasteiger partial charge in [0.1, 0.15) is 5.82 Å². The third-order valence-electron chi connectivity index (χ3n) is 4.00. The molecule has 1 heterocycles. The Balaban J connectivity index is 1.96. The van der Waals surface area contributed by atoms with Crippen molar-refractivity contribution in [2.45, 2.75) is 38.0 Å². The molecule has 2 rings (SSSR count). The Bertz CT molecular complexity index is 822. The Morgan fingerprint density at radius 3 is 2.50 bits per heavy atom. The fourth-order valence-corrected chi connectivity index (χ4v) is 3.01. The Hall–Kier alpha value is -2.19. The number of sulfonamides is 1. The van der Waals surface area contributed by atoms with Gasteiger partial charge in [-0.15, -0.1) is 0 Å². The van der Waals surface area contributed by atoms with Gasteiger partial charge in [-0.2, -0.15) is 4.98 Å². The highest BCUT2D eigenvalue weighted by Crippen LogP contribution is 2.14. The highest BCUT2D eigenvalue weighted by molar-refractivity contribution is 7.89. The number of aromatic nitrogens is 2. The number of hydrogen-bond acceptors (Lipinski definition) is 6. The number of hydrogen-bond donors (Lipinski definition) is 2. The lowest BCUT2D eigenvalue weighted by atomic mass is 10.1. The molecule has 0 spiro atoms. The quantitative estimate of drug-likeness (QED) is 0.695. The second-order valence-electron chi connectivity index (χ2n) is 6.34. The first kappa shape index (κ1) is 20.1. The molecule has 0 radical (unpaired) electrons. The second kappa shape index (κ2) is 8.95. The summed E-state index contributed by atoms with van der Waals surface area (Å²) in [5, 5.41) is 8.42. The summed E-state index contributed by atoms with van der Waals surface area (Å²) in [5.41, 5.74) is 1.94. The third-order valence-corrected chi connectivity index (χ3v) is 4.93. The number of nitrogens with one attached hydrogen (secondary N) is 1. The summed E-state index contributed by atoms with van der Waals surface area (Å²) in [4.78, 5) is 11.3. The number of rotatable bonds is 9. The van der Waals surface area contributed by atoms with Crippen LogP contribution in [-0.2, 0) is 16.4 Å². The topological polar surface area (TPSA) is 101 Å². The van der Waals surface area contributed by atoms with Crippen molar-refractivity contribution in [2.75, 3.05) is 30.4 Å². The van der Waals surface area contributed by atoms with Crippen LogP contribution in [0.3, 0.4) is 0 Å². The van der Waals surface area contributed by atoms with Gasteiger partial charge in [0.2, 0.25) is 16.0 Å². The van der Waals surface area contributed by atoms with Crippen LogP contribution in [-0.4, -0.2) is 38.5 Å². The molecule has 7 nitrogen and oxygen atoms in total. The van der Waals surface area contributed by atoms with E-state index >= 15 is 0 Å². The largest absolute Gasteiger partial charge is 0.370 e. The van der Waals surface area contributed by atoms with Gasteiger partial charge in [0.05, 0.1) is 4.90 Å². The van der Waals surface area contributed by atoms with Gasteiger partial charge in [0, 0.05) is 31.9 Å². The van der Waals surface area contributed by atoms with Gasteiger partial charge in [-0.3, -0.25) is 0 Å². The SMILES string of the molecule is CCCCN(C)c1nc(C)cc(NCCc2ccc(S(N)(=O)=O)cc2)n1. The van der Waals surface area contributed by atoms with Crippen LogP contribution in [0, 0.1) is 6.92 Å². The van der Waals surface area contributed by atoms with Crippen LogP contribution >= 0.6 is 0 Å². The molecule has 1 aromatic carbocycles. The summed E-state index contributed by atoms with van der Waals surface area (Å²) in [6, 6.07) is 8.52. The number of benzene rings is 1. The molecule has 0 unspecified atom stereocenters. The molecule has 0 aliphatic heterocycles. The number of anilines is 2. The number of nitrogens with zero attached hydrogens (tertiary/aromatic N) is 3. The minimum absolute atomic E-state index is 0.125. The third kappa shape index (κ3) is 5.96. The number of aryl methyl sites for hydroxylation is 1. The summed E-state index contributed by atoms with van der Waals surface area (Å²) in [5.74, 6) is 1.51. The fourth-order valence-electron chi connectivity index (χ4n) is 2.49. The summed E-state index contributed by atoms with van der Waals surface area (Å²) in [6.45, 7) is 5.72. The van der Waals surface area contributed by atoms with Gasteiger partial charge in [0.25, 0.3) is 0 Å². The van der Waals surface area contributed by atoms with Crippen molar-refractivity contribution in [1.82, 2.24) is 9.97 Å². The zero-order valence-electron chi connectivity index (χ0n) is 15.6. The summed E-state index contributed by atoms with van der Waals surface area (Å²) < 4.78 is 22.6. The van der Waals surface area contributed by atoms with E-state index in [1.807, 2.05) is 20.0 Å². The molecular weight excluding hydrogens is 350 g/mol. The molecule has 8 heteroatoms. The first-order valence-electron chi connectivity index (χ1n) is 8.72. The van der Waals surface area contributed by atoms with Gasteiger partial charge < -0.3 is 10.2 Å². The van der Waals surface area contributed by atoms with Gasteiger partial charge in [-0.25, -0.2) is 18.5 Å². The van der Waals surface area contributed by atoms with Crippen LogP contribution in [0.1, 0.15) is 31.0 Å². The molecule has 2 aromatic rings. The zero-order chi connectivity index (χ0) is 19.2. The monoisotopic (exact) mass is 377 g/mol. The molecule has 0 aliphatic carbocycles. The fraction of sp³-hybridized carbons (Fsp3) is 0.444. The maximum atomic E-state index is 11.3. The molecule has 0 fully saturated rings. The lowest BCUT2D eigenvalue weighted by molar-refractivity contribution is 0.598.